The molecule has 5 unspecified atom stereocenters. The first kappa shape index (κ1) is 10.8. The predicted molar refractivity (Wildman–Crippen MR) is 58.9 cm³/mol. The average molecular weight is 236 g/mol. The fourth-order valence-electron chi connectivity index (χ4n) is 3.36. The first-order valence-corrected chi connectivity index (χ1v) is 6.15. The Hall–Kier alpha value is -1.32. The average Bonchev–Trinajstić information content (AvgIpc) is 2.51. The largest absolute Gasteiger partial charge is 0.458 e. The van der Waals surface area contributed by atoms with E-state index in [1.165, 1.54) is 0 Å². The zero-order chi connectivity index (χ0) is 12.2. The molecular weight excluding hydrogens is 220 g/mol. The molecule has 1 heterocycles. The summed E-state index contributed by atoms with van der Waals surface area (Å²) in [7, 11) is 0. The Kier molecular flexibility index (Phi) is 2.28. The molecular formula is C13H16O4. The van der Waals surface area contributed by atoms with Crippen molar-refractivity contribution in [3.8, 4) is 0 Å². The van der Waals surface area contributed by atoms with Gasteiger partial charge in [-0.1, -0.05) is 6.58 Å². The van der Waals surface area contributed by atoms with Gasteiger partial charge in [-0.2, -0.15) is 0 Å². The monoisotopic (exact) mass is 236 g/mol. The molecule has 92 valence electrons. The molecule has 0 aromatic heterocycles. The molecule has 1 saturated heterocycles. The minimum absolute atomic E-state index is 0.0660. The van der Waals surface area contributed by atoms with E-state index in [0.29, 0.717) is 17.4 Å². The summed E-state index contributed by atoms with van der Waals surface area (Å²) in [5, 5.41) is 0. The summed E-state index contributed by atoms with van der Waals surface area (Å²) in [5.74, 6) is 0.466. The van der Waals surface area contributed by atoms with Gasteiger partial charge >= 0.3 is 11.9 Å². The maximum atomic E-state index is 11.6. The summed E-state index contributed by atoms with van der Waals surface area (Å²) in [5.41, 5.74) is 0.390. The van der Waals surface area contributed by atoms with E-state index in [1.807, 2.05) is 0 Å². The second-order valence-corrected chi connectivity index (χ2v) is 5.38. The normalized spacial score (nSPS) is 42.2. The van der Waals surface area contributed by atoms with Gasteiger partial charge in [-0.05, 0) is 32.1 Å². The Morgan fingerprint density at radius 3 is 2.94 bits per heavy atom. The van der Waals surface area contributed by atoms with Gasteiger partial charge in [-0.3, -0.25) is 4.79 Å². The lowest BCUT2D eigenvalue weighted by Gasteiger charge is -2.45. The van der Waals surface area contributed by atoms with Crippen molar-refractivity contribution in [2.24, 2.45) is 17.8 Å². The Bertz CT molecular complexity index is 400. The molecule has 4 nitrogen and oxygen atoms in total. The standard InChI is InChI=1S/C13H16O4/c1-6(2)12(14)16-9-4-3-7-5-8-10(7)11(9)17-13(8)15/h7-11H,1,3-5H2,2H3. The van der Waals surface area contributed by atoms with Crippen molar-refractivity contribution in [2.75, 3.05) is 0 Å². The molecule has 0 amide bonds. The zero-order valence-electron chi connectivity index (χ0n) is 9.85. The third-order valence-electron chi connectivity index (χ3n) is 4.30. The van der Waals surface area contributed by atoms with Crippen molar-refractivity contribution in [3.05, 3.63) is 12.2 Å². The van der Waals surface area contributed by atoms with E-state index < -0.39 is 0 Å². The maximum Gasteiger partial charge on any atom is 0.333 e. The van der Waals surface area contributed by atoms with Crippen LogP contribution in [0, 0.1) is 17.8 Å². The highest BCUT2D eigenvalue weighted by Gasteiger charge is 2.61. The number of ether oxygens (including phenoxy) is 2. The van der Waals surface area contributed by atoms with Crippen LogP contribution in [0.5, 0.6) is 0 Å². The van der Waals surface area contributed by atoms with Crippen LogP contribution >= 0.6 is 0 Å². The third kappa shape index (κ3) is 1.50. The van der Waals surface area contributed by atoms with Crippen LogP contribution in [0.4, 0.5) is 0 Å². The maximum absolute atomic E-state index is 11.6. The number of rotatable bonds is 2. The highest BCUT2D eigenvalue weighted by atomic mass is 16.6. The molecule has 0 spiro atoms. The minimum atomic E-state index is -0.382. The van der Waals surface area contributed by atoms with Crippen molar-refractivity contribution in [1.29, 1.82) is 0 Å². The smallest absolute Gasteiger partial charge is 0.333 e. The van der Waals surface area contributed by atoms with Crippen LogP contribution in [0.15, 0.2) is 12.2 Å². The molecule has 2 saturated carbocycles. The fourth-order valence-corrected chi connectivity index (χ4v) is 3.36. The van der Waals surface area contributed by atoms with Crippen molar-refractivity contribution in [2.45, 2.75) is 38.4 Å². The van der Waals surface area contributed by atoms with E-state index in [1.54, 1.807) is 6.92 Å². The first-order chi connectivity index (χ1) is 8.08. The summed E-state index contributed by atoms with van der Waals surface area (Å²) >= 11 is 0. The van der Waals surface area contributed by atoms with Gasteiger partial charge in [0.2, 0.25) is 0 Å². The van der Waals surface area contributed by atoms with Crippen LogP contribution in [0.1, 0.15) is 26.2 Å². The number of carbonyl (C=O) groups excluding carboxylic acids is 2. The number of esters is 2. The van der Waals surface area contributed by atoms with Gasteiger partial charge in [0.1, 0.15) is 12.2 Å². The quantitative estimate of drug-likeness (QED) is 0.538. The number of hydrogen-bond acceptors (Lipinski definition) is 4. The third-order valence-corrected chi connectivity index (χ3v) is 4.30. The molecule has 3 aliphatic rings. The van der Waals surface area contributed by atoms with Crippen molar-refractivity contribution in [3.63, 3.8) is 0 Å². The molecule has 17 heavy (non-hydrogen) atoms. The molecule has 2 aliphatic carbocycles. The van der Waals surface area contributed by atoms with Crippen molar-refractivity contribution in [1.82, 2.24) is 0 Å². The molecule has 0 aromatic carbocycles. The number of hydrogen-bond donors (Lipinski definition) is 0. The van der Waals surface area contributed by atoms with Crippen molar-refractivity contribution < 1.29 is 19.1 Å². The lowest BCUT2D eigenvalue weighted by atomic mass is 9.58. The summed E-state index contributed by atoms with van der Waals surface area (Å²) in [6, 6.07) is 0. The lowest BCUT2D eigenvalue weighted by molar-refractivity contribution is -0.163. The van der Waals surface area contributed by atoms with Crippen molar-refractivity contribution >= 4 is 11.9 Å². The fraction of sp³-hybridized carbons (Fsp3) is 0.692. The van der Waals surface area contributed by atoms with E-state index in [-0.39, 0.29) is 30.1 Å². The van der Waals surface area contributed by atoms with Gasteiger partial charge in [0.15, 0.2) is 0 Å². The zero-order valence-corrected chi connectivity index (χ0v) is 9.85. The van der Waals surface area contributed by atoms with Gasteiger partial charge in [0.05, 0.1) is 5.92 Å². The van der Waals surface area contributed by atoms with E-state index in [4.69, 9.17) is 9.47 Å². The van der Waals surface area contributed by atoms with Crippen LogP contribution < -0.4 is 0 Å². The molecule has 3 fully saturated rings. The molecule has 1 aliphatic heterocycles. The van der Waals surface area contributed by atoms with Gasteiger partial charge in [0, 0.05) is 11.5 Å². The molecule has 5 atom stereocenters. The first-order valence-electron chi connectivity index (χ1n) is 6.15. The van der Waals surface area contributed by atoms with Crippen LogP contribution in [-0.2, 0) is 19.1 Å². The second-order valence-electron chi connectivity index (χ2n) is 5.38. The van der Waals surface area contributed by atoms with E-state index in [0.717, 1.165) is 19.3 Å². The lowest BCUT2D eigenvalue weighted by Crippen LogP contribution is -2.49. The second kappa shape index (κ2) is 3.59. The van der Waals surface area contributed by atoms with Crippen LogP contribution in [-0.4, -0.2) is 24.1 Å². The number of carbonyl (C=O) groups is 2. The molecule has 0 N–H and O–H groups in total. The Morgan fingerprint density at radius 2 is 2.24 bits per heavy atom. The summed E-state index contributed by atoms with van der Waals surface area (Å²) < 4.78 is 10.7. The minimum Gasteiger partial charge on any atom is -0.458 e. The van der Waals surface area contributed by atoms with Crippen LogP contribution in [0.25, 0.3) is 0 Å². The van der Waals surface area contributed by atoms with Gasteiger partial charge < -0.3 is 9.47 Å². The SMILES string of the molecule is C=C(C)C(=O)OC1CCC2CC3C(=O)OC1C23. The Morgan fingerprint density at radius 1 is 1.47 bits per heavy atom. The molecule has 4 heteroatoms. The summed E-state index contributed by atoms with van der Waals surface area (Å²) in [6.45, 7) is 5.19. The van der Waals surface area contributed by atoms with Gasteiger partial charge in [-0.25, -0.2) is 4.79 Å². The van der Waals surface area contributed by atoms with E-state index in [2.05, 4.69) is 6.58 Å². The van der Waals surface area contributed by atoms with E-state index >= 15 is 0 Å². The van der Waals surface area contributed by atoms with Gasteiger partial charge in [0.25, 0.3) is 0 Å². The molecule has 0 bridgehead atoms. The Labute approximate surface area is 100.0 Å². The molecule has 3 rings (SSSR count). The summed E-state index contributed by atoms with van der Waals surface area (Å²) in [4.78, 5) is 23.1. The molecule has 0 radical (unpaired) electrons. The Balaban J connectivity index is 1.73. The molecule has 0 aromatic rings. The van der Waals surface area contributed by atoms with Gasteiger partial charge in [-0.15, -0.1) is 0 Å². The highest BCUT2D eigenvalue weighted by Crippen LogP contribution is 2.55. The van der Waals surface area contributed by atoms with Crippen LogP contribution in [0.3, 0.4) is 0 Å². The van der Waals surface area contributed by atoms with E-state index in [9.17, 15) is 9.59 Å². The van der Waals surface area contributed by atoms with Crippen LogP contribution in [0.2, 0.25) is 0 Å². The predicted octanol–water partition coefficient (Wildman–Crippen LogP) is 1.45. The topological polar surface area (TPSA) is 52.6 Å². The highest BCUT2D eigenvalue weighted by molar-refractivity contribution is 5.87. The summed E-state index contributed by atoms with van der Waals surface area (Å²) in [6.07, 6.45) is 2.31.